The SMILES string of the molecule is O=C(CN1CCN(c2nccc(-c3ccccn3)n2)CC1)N1CCN(c2ccccc2)CC1. The first-order valence-electron chi connectivity index (χ1n) is 11.6. The summed E-state index contributed by atoms with van der Waals surface area (Å²) in [5, 5.41) is 0. The van der Waals surface area contributed by atoms with Crippen LogP contribution in [0.2, 0.25) is 0 Å². The van der Waals surface area contributed by atoms with Crippen molar-refractivity contribution in [2.75, 3.05) is 68.7 Å². The van der Waals surface area contributed by atoms with E-state index >= 15 is 0 Å². The highest BCUT2D eigenvalue weighted by Crippen LogP contribution is 2.18. The van der Waals surface area contributed by atoms with Crippen molar-refractivity contribution in [1.82, 2.24) is 24.8 Å². The molecule has 0 bridgehead atoms. The van der Waals surface area contributed by atoms with Gasteiger partial charge in [0.2, 0.25) is 11.9 Å². The second-order valence-corrected chi connectivity index (χ2v) is 8.42. The molecule has 4 heterocycles. The van der Waals surface area contributed by atoms with Gasteiger partial charge < -0.3 is 14.7 Å². The zero-order valence-electron chi connectivity index (χ0n) is 18.8. The Hall–Kier alpha value is -3.52. The second kappa shape index (κ2) is 9.95. The van der Waals surface area contributed by atoms with Gasteiger partial charge in [-0.1, -0.05) is 24.3 Å². The molecule has 5 rings (SSSR count). The number of benzene rings is 1. The van der Waals surface area contributed by atoms with Crippen LogP contribution in [0.3, 0.4) is 0 Å². The van der Waals surface area contributed by atoms with Gasteiger partial charge in [0.25, 0.3) is 0 Å². The van der Waals surface area contributed by atoms with Gasteiger partial charge in [-0.2, -0.15) is 0 Å². The summed E-state index contributed by atoms with van der Waals surface area (Å²) in [6, 6.07) is 18.1. The summed E-state index contributed by atoms with van der Waals surface area (Å²) in [5.41, 5.74) is 2.90. The molecule has 8 heteroatoms. The van der Waals surface area contributed by atoms with Gasteiger partial charge in [-0.15, -0.1) is 0 Å². The van der Waals surface area contributed by atoms with Crippen molar-refractivity contribution < 1.29 is 4.79 Å². The Balaban J connectivity index is 1.11. The van der Waals surface area contributed by atoms with Gasteiger partial charge in [0, 0.05) is 70.4 Å². The molecule has 2 saturated heterocycles. The molecular formula is C25H29N7O. The summed E-state index contributed by atoms with van der Waals surface area (Å²) in [4.78, 5) is 35.2. The third-order valence-electron chi connectivity index (χ3n) is 6.34. The number of carbonyl (C=O) groups excluding carboxylic acids is 1. The molecule has 33 heavy (non-hydrogen) atoms. The molecule has 2 aliphatic rings. The van der Waals surface area contributed by atoms with Gasteiger partial charge >= 0.3 is 0 Å². The van der Waals surface area contributed by atoms with Gasteiger partial charge in [-0.3, -0.25) is 14.7 Å². The average Bonchev–Trinajstić information content (AvgIpc) is 2.90. The third-order valence-corrected chi connectivity index (χ3v) is 6.34. The van der Waals surface area contributed by atoms with Crippen molar-refractivity contribution >= 4 is 17.5 Å². The number of amides is 1. The number of pyridine rings is 1. The maximum Gasteiger partial charge on any atom is 0.236 e. The summed E-state index contributed by atoms with van der Waals surface area (Å²) < 4.78 is 0. The molecule has 0 radical (unpaired) electrons. The molecule has 0 saturated carbocycles. The topological polar surface area (TPSA) is 68.7 Å². The lowest BCUT2D eigenvalue weighted by Gasteiger charge is -2.38. The molecule has 0 atom stereocenters. The Morgan fingerprint density at radius 3 is 2.15 bits per heavy atom. The Labute approximate surface area is 194 Å². The number of aromatic nitrogens is 3. The Kier molecular flexibility index (Phi) is 6.44. The molecule has 0 aliphatic carbocycles. The van der Waals surface area contributed by atoms with Gasteiger partial charge in [0.05, 0.1) is 17.9 Å². The lowest BCUT2D eigenvalue weighted by Crippen LogP contribution is -2.54. The fourth-order valence-corrected chi connectivity index (χ4v) is 4.41. The van der Waals surface area contributed by atoms with E-state index in [0.29, 0.717) is 6.54 Å². The molecule has 0 spiro atoms. The second-order valence-electron chi connectivity index (χ2n) is 8.42. The highest BCUT2D eigenvalue weighted by Gasteiger charge is 2.25. The lowest BCUT2D eigenvalue weighted by molar-refractivity contribution is -0.132. The first kappa shape index (κ1) is 21.3. The van der Waals surface area contributed by atoms with E-state index in [9.17, 15) is 4.79 Å². The van der Waals surface area contributed by atoms with Crippen LogP contribution in [0.5, 0.6) is 0 Å². The summed E-state index contributed by atoms with van der Waals surface area (Å²) in [7, 11) is 0. The number of rotatable bonds is 5. The minimum Gasteiger partial charge on any atom is -0.368 e. The van der Waals surface area contributed by atoms with E-state index in [1.165, 1.54) is 5.69 Å². The maximum absolute atomic E-state index is 12.9. The number of nitrogens with zero attached hydrogens (tertiary/aromatic N) is 7. The summed E-state index contributed by atoms with van der Waals surface area (Å²) in [6.07, 6.45) is 3.56. The van der Waals surface area contributed by atoms with Gasteiger partial charge in [0.15, 0.2) is 0 Å². The van der Waals surface area contributed by atoms with Crippen molar-refractivity contribution in [3.63, 3.8) is 0 Å². The van der Waals surface area contributed by atoms with Crippen molar-refractivity contribution in [3.05, 3.63) is 67.0 Å². The largest absolute Gasteiger partial charge is 0.368 e. The van der Waals surface area contributed by atoms with Crippen LogP contribution in [-0.2, 0) is 4.79 Å². The van der Waals surface area contributed by atoms with E-state index in [4.69, 9.17) is 4.98 Å². The van der Waals surface area contributed by atoms with E-state index < -0.39 is 0 Å². The van der Waals surface area contributed by atoms with Crippen LogP contribution >= 0.6 is 0 Å². The molecule has 8 nitrogen and oxygen atoms in total. The first-order chi connectivity index (χ1) is 16.3. The zero-order valence-corrected chi connectivity index (χ0v) is 18.8. The van der Waals surface area contributed by atoms with Gasteiger partial charge in [-0.25, -0.2) is 9.97 Å². The summed E-state index contributed by atoms with van der Waals surface area (Å²) in [5.74, 6) is 0.950. The molecular weight excluding hydrogens is 414 g/mol. The van der Waals surface area contributed by atoms with E-state index in [-0.39, 0.29) is 5.91 Å². The van der Waals surface area contributed by atoms with E-state index in [1.54, 1.807) is 12.4 Å². The van der Waals surface area contributed by atoms with E-state index in [2.05, 4.69) is 48.9 Å². The minimum atomic E-state index is 0.226. The molecule has 2 aromatic heterocycles. The number of anilines is 2. The van der Waals surface area contributed by atoms with Crippen LogP contribution < -0.4 is 9.80 Å². The molecule has 2 aliphatic heterocycles. The molecule has 0 N–H and O–H groups in total. The Bertz CT molecular complexity index is 1050. The van der Waals surface area contributed by atoms with Crippen LogP contribution in [0.15, 0.2) is 67.0 Å². The van der Waals surface area contributed by atoms with E-state index in [0.717, 1.165) is 69.7 Å². The molecule has 1 amide bonds. The van der Waals surface area contributed by atoms with Crippen molar-refractivity contribution in [3.8, 4) is 11.4 Å². The Morgan fingerprint density at radius 1 is 0.697 bits per heavy atom. The highest BCUT2D eigenvalue weighted by molar-refractivity contribution is 5.78. The fraction of sp³-hybridized carbons (Fsp3) is 0.360. The normalized spacial score (nSPS) is 17.3. The standard InChI is InChI=1S/C25H29N7O/c33-24(31-18-16-30(17-19-31)21-6-2-1-3-7-21)20-29-12-14-32(15-13-29)25-27-11-9-23(28-25)22-8-4-5-10-26-22/h1-11H,12-20H2. The number of piperazine rings is 2. The summed E-state index contributed by atoms with van der Waals surface area (Å²) in [6.45, 7) is 7.07. The Morgan fingerprint density at radius 2 is 1.42 bits per heavy atom. The number of hydrogen-bond acceptors (Lipinski definition) is 7. The fourth-order valence-electron chi connectivity index (χ4n) is 4.41. The van der Waals surface area contributed by atoms with Gasteiger partial charge in [-0.05, 0) is 30.3 Å². The van der Waals surface area contributed by atoms with Crippen molar-refractivity contribution in [1.29, 1.82) is 0 Å². The van der Waals surface area contributed by atoms with Crippen LogP contribution in [0.25, 0.3) is 11.4 Å². The third kappa shape index (κ3) is 5.12. The maximum atomic E-state index is 12.9. The van der Waals surface area contributed by atoms with E-state index in [1.807, 2.05) is 35.2 Å². The number of carbonyl (C=O) groups is 1. The quantitative estimate of drug-likeness (QED) is 0.598. The molecule has 3 aromatic rings. The molecule has 170 valence electrons. The number of hydrogen-bond donors (Lipinski definition) is 0. The lowest BCUT2D eigenvalue weighted by atomic mass is 10.2. The summed E-state index contributed by atoms with van der Waals surface area (Å²) >= 11 is 0. The van der Waals surface area contributed by atoms with Gasteiger partial charge in [0.1, 0.15) is 0 Å². The van der Waals surface area contributed by atoms with Crippen molar-refractivity contribution in [2.24, 2.45) is 0 Å². The molecule has 1 aromatic carbocycles. The first-order valence-corrected chi connectivity index (χ1v) is 11.6. The molecule has 0 unspecified atom stereocenters. The predicted molar refractivity (Wildman–Crippen MR) is 129 cm³/mol. The average molecular weight is 444 g/mol. The predicted octanol–water partition coefficient (Wildman–Crippen LogP) is 2.01. The van der Waals surface area contributed by atoms with Crippen molar-refractivity contribution in [2.45, 2.75) is 0 Å². The molecule has 2 fully saturated rings. The zero-order chi connectivity index (χ0) is 22.5. The van der Waals surface area contributed by atoms with Crippen LogP contribution in [-0.4, -0.2) is 89.6 Å². The number of para-hydroxylation sites is 1. The highest BCUT2D eigenvalue weighted by atomic mass is 16.2. The van der Waals surface area contributed by atoms with Crippen LogP contribution in [0.4, 0.5) is 11.6 Å². The van der Waals surface area contributed by atoms with Crippen LogP contribution in [0, 0.1) is 0 Å². The minimum absolute atomic E-state index is 0.226. The van der Waals surface area contributed by atoms with Crippen LogP contribution in [0.1, 0.15) is 0 Å². The smallest absolute Gasteiger partial charge is 0.236 e. The monoisotopic (exact) mass is 443 g/mol.